The van der Waals surface area contributed by atoms with E-state index in [0.717, 1.165) is 11.1 Å². The van der Waals surface area contributed by atoms with Crippen LogP contribution in [-0.4, -0.2) is 24.2 Å². The molecular formula is C12H14O4. The maximum Gasteiger partial charge on any atom is 0.338 e. The second kappa shape index (κ2) is 5.30. The highest BCUT2D eigenvalue weighted by Crippen LogP contribution is 2.17. The van der Waals surface area contributed by atoms with Gasteiger partial charge in [0.1, 0.15) is 0 Å². The van der Waals surface area contributed by atoms with Gasteiger partial charge in [0.05, 0.1) is 12.7 Å². The van der Waals surface area contributed by atoms with Crippen LogP contribution in [0, 0.1) is 6.92 Å². The number of ether oxygens (including phenoxy) is 1. The minimum Gasteiger partial charge on any atom is -0.481 e. The molecule has 16 heavy (non-hydrogen) atoms. The average Bonchev–Trinajstić information content (AvgIpc) is 2.25. The maximum atomic E-state index is 11.5. The van der Waals surface area contributed by atoms with Gasteiger partial charge in [0.15, 0.2) is 0 Å². The van der Waals surface area contributed by atoms with Crippen LogP contribution >= 0.6 is 0 Å². The van der Waals surface area contributed by atoms with E-state index in [0.29, 0.717) is 12.0 Å². The fraction of sp³-hybridized carbons (Fsp3) is 0.333. The van der Waals surface area contributed by atoms with Crippen molar-refractivity contribution < 1.29 is 19.4 Å². The number of aryl methyl sites for hydroxylation is 1. The van der Waals surface area contributed by atoms with Crippen molar-refractivity contribution in [1.29, 1.82) is 0 Å². The van der Waals surface area contributed by atoms with Crippen LogP contribution in [0.4, 0.5) is 0 Å². The first kappa shape index (κ1) is 12.2. The molecule has 86 valence electrons. The average molecular weight is 222 g/mol. The van der Waals surface area contributed by atoms with Crippen molar-refractivity contribution in [1.82, 2.24) is 0 Å². The highest BCUT2D eigenvalue weighted by atomic mass is 16.5. The van der Waals surface area contributed by atoms with Gasteiger partial charge in [-0.05, 0) is 30.5 Å². The van der Waals surface area contributed by atoms with E-state index in [9.17, 15) is 9.59 Å². The Morgan fingerprint density at radius 1 is 1.38 bits per heavy atom. The molecule has 0 heterocycles. The van der Waals surface area contributed by atoms with Crippen molar-refractivity contribution >= 4 is 11.9 Å². The number of aliphatic carboxylic acids is 1. The van der Waals surface area contributed by atoms with E-state index in [2.05, 4.69) is 4.74 Å². The van der Waals surface area contributed by atoms with E-state index < -0.39 is 11.9 Å². The zero-order chi connectivity index (χ0) is 12.1. The summed E-state index contributed by atoms with van der Waals surface area (Å²) in [7, 11) is 1.31. The molecule has 0 radical (unpaired) electrons. The number of methoxy groups -OCH3 is 1. The SMILES string of the molecule is COC(=O)c1cccc(C)c1CCC(=O)O. The maximum absolute atomic E-state index is 11.5. The van der Waals surface area contributed by atoms with Gasteiger partial charge < -0.3 is 9.84 Å². The molecule has 4 heteroatoms. The number of benzene rings is 1. The molecular weight excluding hydrogens is 208 g/mol. The van der Waals surface area contributed by atoms with Gasteiger partial charge in [-0.2, -0.15) is 0 Å². The number of carboxylic acids is 1. The first-order chi connectivity index (χ1) is 7.56. The van der Waals surface area contributed by atoms with E-state index in [1.54, 1.807) is 12.1 Å². The van der Waals surface area contributed by atoms with Gasteiger partial charge in [-0.15, -0.1) is 0 Å². The van der Waals surface area contributed by atoms with Crippen LogP contribution in [0.1, 0.15) is 27.9 Å². The third-order valence-electron chi connectivity index (χ3n) is 2.40. The summed E-state index contributed by atoms with van der Waals surface area (Å²) in [5.74, 6) is -1.30. The Morgan fingerprint density at radius 2 is 2.06 bits per heavy atom. The van der Waals surface area contributed by atoms with Crippen molar-refractivity contribution in [3.8, 4) is 0 Å². The Balaban J connectivity index is 3.03. The zero-order valence-electron chi connectivity index (χ0n) is 9.32. The minimum atomic E-state index is -0.876. The van der Waals surface area contributed by atoms with Crippen molar-refractivity contribution in [2.24, 2.45) is 0 Å². The van der Waals surface area contributed by atoms with E-state index >= 15 is 0 Å². The van der Waals surface area contributed by atoms with Gasteiger partial charge in [-0.1, -0.05) is 12.1 Å². The number of carboxylic acid groups (broad SMARTS) is 1. The highest BCUT2D eigenvalue weighted by Gasteiger charge is 2.14. The molecule has 1 rings (SSSR count). The van der Waals surface area contributed by atoms with Gasteiger partial charge in [0.2, 0.25) is 0 Å². The number of esters is 1. The molecule has 0 aliphatic carbocycles. The van der Waals surface area contributed by atoms with E-state index in [4.69, 9.17) is 5.11 Å². The molecule has 0 aromatic heterocycles. The quantitative estimate of drug-likeness (QED) is 0.789. The summed E-state index contributed by atoms with van der Waals surface area (Å²) in [6.07, 6.45) is 0.348. The Bertz CT molecular complexity index is 409. The number of rotatable bonds is 4. The second-order valence-electron chi connectivity index (χ2n) is 3.49. The van der Waals surface area contributed by atoms with Gasteiger partial charge >= 0.3 is 11.9 Å². The summed E-state index contributed by atoms with van der Waals surface area (Å²) in [5.41, 5.74) is 2.10. The number of hydrogen-bond donors (Lipinski definition) is 1. The summed E-state index contributed by atoms with van der Waals surface area (Å²) >= 11 is 0. The molecule has 0 saturated heterocycles. The largest absolute Gasteiger partial charge is 0.481 e. The van der Waals surface area contributed by atoms with Gasteiger partial charge in [0, 0.05) is 6.42 Å². The van der Waals surface area contributed by atoms with Crippen molar-refractivity contribution in [2.75, 3.05) is 7.11 Å². The van der Waals surface area contributed by atoms with Crippen LogP contribution in [-0.2, 0) is 16.0 Å². The van der Waals surface area contributed by atoms with Crippen LogP contribution in [0.5, 0.6) is 0 Å². The van der Waals surface area contributed by atoms with Crippen molar-refractivity contribution in [3.63, 3.8) is 0 Å². The van der Waals surface area contributed by atoms with E-state index in [1.807, 2.05) is 13.0 Å². The van der Waals surface area contributed by atoms with Crippen LogP contribution in [0.25, 0.3) is 0 Å². The van der Waals surface area contributed by atoms with Crippen LogP contribution < -0.4 is 0 Å². The predicted molar refractivity (Wildman–Crippen MR) is 58.5 cm³/mol. The van der Waals surface area contributed by atoms with Crippen LogP contribution in [0.15, 0.2) is 18.2 Å². The molecule has 0 amide bonds. The lowest BCUT2D eigenvalue weighted by Crippen LogP contribution is -2.09. The Morgan fingerprint density at radius 3 is 2.62 bits per heavy atom. The third kappa shape index (κ3) is 2.82. The lowest BCUT2D eigenvalue weighted by molar-refractivity contribution is -0.136. The summed E-state index contributed by atoms with van der Waals surface area (Å²) < 4.78 is 4.65. The number of hydrogen-bond acceptors (Lipinski definition) is 3. The Labute approximate surface area is 93.9 Å². The van der Waals surface area contributed by atoms with E-state index in [1.165, 1.54) is 7.11 Å². The molecule has 0 unspecified atom stereocenters. The molecule has 0 spiro atoms. The first-order valence-corrected chi connectivity index (χ1v) is 4.95. The number of carbonyl (C=O) groups is 2. The molecule has 0 fully saturated rings. The van der Waals surface area contributed by atoms with E-state index in [-0.39, 0.29) is 6.42 Å². The first-order valence-electron chi connectivity index (χ1n) is 4.95. The molecule has 0 bridgehead atoms. The summed E-state index contributed by atoms with van der Waals surface area (Å²) in [6.45, 7) is 1.85. The third-order valence-corrected chi connectivity index (χ3v) is 2.40. The summed E-state index contributed by atoms with van der Waals surface area (Å²) in [5, 5.41) is 8.64. The molecule has 0 saturated carbocycles. The monoisotopic (exact) mass is 222 g/mol. The molecule has 1 N–H and O–H groups in total. The highest BCUT2D eigenvalue weighted by molar-refractivity contribution is 5.91. The van der Waals surface area contributed by atoms with Gasteiger partial charge in [0.25, 0.3) is 0 Å². The molecule has 1 aromatic rings. The molecule has 0 aliphatic rings. The lowest BCUT2D eigenvalue weighted by Gasteiger charge is -2.09. The smallest absolute Gasteiger partial charge is 0.338 e. The normalized spacial score (nSPS) is 9.88. The van der Waals surface area contributed by atoms with Gasteiger partial charge in [-0.25, -0.2) is 4.79 Å². The van der Waals surface area contributed by atoms with Crippen molar-refractivity contribution in [3.05, 3.63) is 34.9 Å². The Kier molecular flexibility index (Phi) is 4.05. The van der Waals surface area contributed by atoms with Crippen LogP contribution in [0.2, 0.25) is 0 Å². The summed E-state index contributed by atoms with van der Waals surface area (Å²) in [4.78, 5) is 22.0. The fourth-order valence-corrected chi connectivity index (χ4v) is 1.57. The Hall–Kier alpha value is -1.84. The molecule has 4 nitrogen and oxygen atoms in total. The zero-order valence-corrected chi connectivity index (χ0v) is 9.32. The topological polar surface area (TPSA) is 63.6 Å². The standard InChI is InChI=1S/C12H14O4/c1-8-4-3-5-10(12(15)16-2)9(8)6-7-11(13)14/h3-5H,6-7H2,1-2H3,(H,13,14). The summed E-state index contributed by atoms with van der Waals surface area (Å²) in [6, 6.07) is 5.26. The van der Waals surface area contributed by atoms with Crippen molar-refractivity contribution in [2.45, 2.75) is 19.8 Å². The fourth-order valence-electron chi connectivity index (χ4n) is 1.57. The number of carbonyl (C=O) groups excluding carboxylic acids is 1. The lowest BCUT2D eigenvalue weighted by atomic mass is 9.98. The predicted octanol–water partition coefficient (Wildman–Crippen LogP) is 1.80. The molecule has 0 aliphatic heterocycles. The minimum absolute atomic E-state index is 0.00878. The second-order valence-corrected chi connectivity index (χ2v) is 3.49. The molecule has 1 aromatic carbocycles. The van der Waals surface area contributed by atoms with Crippen LogP contribution in [0.3, 0.4) is 0 Å². The van der Waals surface area contributed by atoms with Gasteiger partial charge in [-0.3, -0.25) is 4.79 Å². The molecule has 0 atom stereocenters.